The maximum atomic E-state index is 12.1. The largest absolute Gasteiger partial charge is 0.444 e. The Balaban J connectivity index is 2.00. The summed E-state index contributed by atoms with van der Waals surface area (Å²) >= 11 is 0. The van der Waals surface area contributed by atoms with Crippen LogP contribution in [0, 0.1) is 19.8 Å². The Hall–Kier alpha value is -1.62. The van der Waals surface area contributed by atoms with Crippen molar-refractivity contribution in [1.82, 2.24) is 9.88 Å². The second-order valence-electron chi connectivity index (χ2n) is 7.19. The van der Waals surface area contributed by atoms with Crippen LogP contribution in [0.5, 0.6) is 0 Å². The highest BCUT2D eigenvalue weighted by molar-refractivity contribution is 5.68. The SMILES string of the molecule is Cc1cc(C)nc(C[C@H]2CN(C(=O)OC(C)(C)C)C[C@@H]2O)c1. The van der Waals surface area contributed by atoms with Crippen LogP contribution in [-0.4, -0.2) is 45.9 Å². The summed E-state index contributed by atoms with van der Waals surface area (Å²) in [6.45, 7) is 10.4. The summed E-state index contributed by atoms with van der Waals surface area (Å²) in [5.41, 5.74) is 2.59. The number of carbonyl (C=O) groups excluding carboxylic acids is 1. The number of pyridine rings is 1. The van der Waals surface area contributed by atoms with Crippen LogP contribution in [0.25, 0.3) is 0 Å². The van der Waals surface area contributed by atoms with Crippen LogP contribution in [0.1, 0.15) is 37.7 Å². The van der Waals surface area contributed by atoms with E-state index in [9.17, 15) is 9.90 Å². The first-order valence-corrected chi connectivity index (χ1v) is 7.74. The van der Waals surface area contributed by atoms with Crippen molar-refractivity contribution in [2.24, 2.45) is 5.92 Å². The molecule has 2 rings (SSSR count). The first kappa shape index (κ1) is 16.7. The molecule has 0 aromatic carbocycles. The molecule has 0 bridgehead atoms. The van der Waals surface area contributed by atoms with Crippen molar-refractivity contribution in [1.29, 1.82) is 0 Å². The Kier molecular flexibility index (Phi) is 4.75. The fourth-order valence-electron chi connectivity index (χ4n) is 2.83. The minimum Gasteiger partial charge on any atom is -0.444 e. The Morgan fingerprint density at radius 3 is 2.64 bits per heavy atom. The molecular weight excluding hydrogens is 280 g/mol. The number of aliphatic hydroxyl groups excluding tert-OH is 1. The molecule has 1 fully saturated rings. The van der Waals surface area contributed by atoms with Crippen molar-refractivity contribution < 1.29 is 14.6 Å². The van der Waals surface area contributed by atoms with Crippen LogP contribution >= 0.6 is 0 Å². The number of rotatable bonds is 2. The second-order valence-corrected chi connectivity index (χ2v) is 7.19. The van der Waals surface area contributed by atoms with E-state index in [1.165, 1.54) is 5.56 Å². The van der Waals surface area contributed by atoms with Crippen LogP contribution in [0.15, 0.2) is 12.1 Å². The third-order valence-electron chi connectivity index (χ3n) is 3.68. The number of hydrogen-bond donors (Lipinski definition) is 1. The molecule has 5 nitrogen and oxygen atoms in total. The Morgan fingerprint density at radius 1 is 1.36 bits per heavy atom. The predicted molar refractivity (Wildman–Crippen MR) is 84.7 cm³/mol. The lowest BCUT2D eigenvalue weighted by atomic mass is 9.99. The van der Waals surface area contributed by atoms with Crippen molar-refractivity contribution in [3.8, 4) is 0 Å². The molecule has 1 aromatic rings. The van der Waals surface area contributed by atoms with E-state index in [-0.39, 0.29) is 12.0 Å². The van der Waals surface area contributed by atoms with Crippen molar-refractivity contribution >= 4 is 6.09 Å². The van der Waals surface area contributed by atoms with E-state index in [1.54, 1.807) is 4.90 Å². The highest BCUT2D eigenvalue weighted by atomic mass is 16.6. The van der Waals surface area contributed by atoms with Gasteiger partial charge in [0, 0.05) is 23.9 Å². The van der Waals surface area contributed by atoms with Gasteiger partial charge in [-0.05, 0) is 58.7 Å². The van der Waals surface area contributed by atoms with Crippen molar-refractivity contribution in [2.75, 3.05) is 13.1 Å². The van der Waals surface area contributed by atoms with E-state index in [0.29, 0.717) is 19.5 Å². The Labute approximate surface area is 132 Å². The number of aromatic nitrogens is 1. The molecule has 1 aliphatic heterocycles. The summed E-state index contributed by atoms with van der Waals surface area (Å²) in [5, 5.41) is 10.2. The molecule has 0 spiro atoms. The van der Waals surface area contributed by atoms with Crippen molar-refractivity contribution in [2.45, 2.75) is 52.7 Å². The van der Waals surface area contributed by atoms with Crippen molar-refractivity contribution in [3.05, 3.63) is 29.1 Å². The molecule has 2 heterocycles. The summed E-state index contributed by atoms with van der Waals surface area (Å²) in [7, 11) is 0. The first-order valence-electron chi connectivity index (χ1n) is 7.74. The number of likely N-dealkylation sites (tertiary alicyclic amines) is 1. The minimum absolute atomic E-state index is 0.00113. The maximum absolute atomic E-state index is 12.1. The van der Waals surface area contributed by atoms with Crippen LogP contribution in [-0.2, 0) is 11.2 Å². The number of amides is 1. The normalized spacial score (nSPS) is 22.0. The fraction of sp³-hybridized carbons (Fsp3) is 0.647. The van der Waals surface area contributed by atoms with E-state index < -0.39 is 11.7 Å². The zero-order valence-electron chi connectivity index (χ0n) is 14.1. The number of hydrogen-bond acceptors (Lipinski definition) is 4. The molecule has 122 valence electrons. The van der Waals surface area contributed by atoms with Crippen LogP contribution in [0.2, 0.25) is 0 Å². The van der Waals surface area contributed by atoms with Crippen LogP contribution < -0.4 is 0 Å². The van der Waals surface area contributed by atoms with Gasteiger partial charge in [0.1, 0.15) is 5.60 Å². The van der Waals surface area contributed by atoms with Gasteiger partial charge in [0.15, 0.2) is 0 Å². The van der Waals surface area contributed by atoms with Gasteiger partial charge in [-0.25, -0.2) is 4.79 Å². The fourth-order valence-corrected chi connectivity index (χ4v) is 2.83. The molecule has 1 N–H and O–H groups in total. The van der Waals surface area contributed by atoms with E-state index >= 15 is 0 Å². The van der Waals surface area contributed by atoms with Gasteiger partial charge in [-0.2, -0.15) is 0 Å². The summed E-state index contributed by atoms with van der Waals surface area (Å²) < 4.78 is 5.37. The zero-order chi connectivity index (χ0) is 16.5. The molecule has 1 aromatic heterocycles. The minimum atomic E-state index is -0.532. The van der Waals surface area contributed by atoms with Gasteiger partial charge in [-0.3, -0.25) is 4.98 Å². The van der Waals surface area contributed by atoms with Gasteiger partial charge in [-0.15, -0.1) is 0 Å². The van der Waals surface area contributed by atoms with E-state index in [2.05, 4.69) is 4.98 Å². The number of β-amino-alcohol motifs (C(OH)–C–C–N with tert-alkyl or cyclic N) is 1. The van der Waals surface area contributed by atoms with Gasteiger partial charge in [0.05, 0.1) is 12.6 Å². The Morgan fingerprint density at radius 2 is 2.05 bits per heavy atom. The van der Waals surface area contributed by atoms with Crippen LogP contribution in [0.4, 0.5) is 4.79 Å². The molecule has 1 amide bonds. The molecule has 0 saturated carbocycles. The molecule has 22 heavy (non-hydrogen) atoms. The lowest BCUT2D eigenvalue weighted by Gasteiger charge is -2.24. The monoisotopic (exact) mass is 306 g/mol. The number of aryl methyl sites for hydroxylation is 2. The molecular formula is C17H26N2O3. The topological polar surface area (TPSA) is 62.7 Å². The molecule has 2 atom stereocenters. The van der Waals surface area contributed by atoms with Crippen molar-refractivity contribution in [3.63, 3.8) is 0 Å². The number of aliphatic hydroxyl groups is 1. The summed E-state index contributed by atoms with van der Waals surface area (Å²) in [5.74, 6) is 0.00113. The maximum Gasteiger partial charge on any atom is 0.410 e. The zero-order valence-corrected chi connectivity index (χ0v) is 14.1. The molecule has 1 aliphatic rings. The van der Waals surface area contributed by atoms with E-state index in [4.69, 9.17) is 4.74 Å². The predicted octanol–water partition coefficient (Wildman–Crippen LogP) is 2.47. The number of carbonyl (C=O) groups is 1. The molecule has 0 radical (unpaired) electrons. The molecule has 0 unspecified atom stereocenters. The molecule has 1 saturated heterocycles. The smallest absolute Gasteiger partial charge is 0.410 e. The van der Waals surface area contributed by atoms with Gasteiger partial charge in [-0.1, -0.05) is 0 Å². The summed E-state index contributed by atoms with van der Waals surface area (Å²) in [4.78, 5) is 18.2. The average Bonchev–Trinajstić information content (AvgIpc) is 2.67. The highest BCUT2D eigenvalue weighted by Crippen LogP contribution is 2.23. The standard InChI is InChI=1S/C17H26N2O3/c1-11-6-12(2)18-14(7-11)8-13-9-19(10-15(13)20)16(21)22-17(3,4)5/h6-7,13,15,20H,8-10H2,1-5H3/t13-,15-/m0/s1. The summed E-state index contributed by atoms with van der Waals surface area (Å²) in [6.07, 6.45) is -0.222. The lowest BCUT2D eigenvalue weighted by molar-refractivity contribution is 0.0269. The number of ether oxygens (including phenoxy) is 1. The third kappa shape index (κ3) is 4.44. The Bertz CT molecular complexity index is 531. The van der Waals surface area contributed by atoms with Gasteiger partial charge in [0.25, 0.3) is 0 Å². The second kappa shape index (κ2) is 6.24. The quantitative estimate of drug-likeness (QED) is 0.911. The van der Waals surface area contributed by atoms with Crippen LogP contribution in [0.3, 0.4) is 0 Å². The summed E-state index contributed by atoms with van der Waals surface area (Å²) in [6, 6.07) is 4.07. The van der Waals surface area contributed by atoms with Gasteiger partial charge < -0.3 is 14.7 Å². The van der Waals surface area contributed by atoms with Gasteiger partial charge in [0.2, 0.25) is 0 Å². The number of nitrogens with zero attached hydrogens (tertiary/aromatic N) is 2. The highest BCUT2D eigenvalue weighted by Gasteiger charge is 2.36. The average molecular weight is 306 g/mol. The first-order chi connectivity index (χ1) is 10.1. The third-order valence-corrected chi connectivity index (χ3v) is 3.68. The lowest BCUT2D eigenvalue weighted by Crippen LogP contribution is -2.35. The van der Waals surface area contributed by atoms with E-state index in [1.807, 2.05) is 46.8 Å². The van der Waals surface area contributed by atoms with Gasteiger partial charge >= 0.3 is 6.09 Å². The molecule has 5 heteroatoms. The molecule has 0 aliphatic carbocycles. The van der Waals surface area contributed by atoms with E-state index in [0.717, 1.165) is 11.4 Å².